The molecule has 0 aliphatic carbocycles. The maximum absolute atomic E-state index is 13.2. The van der Waals surface area contributed by atoms with E-state index in [1.807, 2.05) is 19.9 Å². The van der Waals surface area contributed by atoms with Crippen molar-refractivity contribution >= 4 is 32.8 Å². The summed E-state index contributed by atoms with van der Waals surface area (Å²) < 4.78 is 13.6. The van der Waals surface area contributed by atoms with E-state index in [1.54, 1.807) is 49.6 Å². The maximum atomic E-state index is 13.2. The average molecular weight is 513 g/mol. The molecule has 2 heterocycles. The van der Waals surface area contributed by atoms with Gasteiger partial charge < -0.3 is 14.3 Å². The number of aromatic nitrogens is 4. The number of aryl methyl sites for hydroxylation is 2. The lowest BCUT2D eigenvalue weighted by Crippen LogP contribution is -2.35. The zero-order valence-corrected chi connectivity index (χ0v) is 19.8. The van der Waals surface area contributed by atoms with Crippen LogP contribution in [-0.4, -0.2) is 39.2 Å². The van der Waals surface area contributed by atoms with Crippen LogP contribution in [0.2, 0.25) is 0 Å². The van der Waals surface area contributed by atoms with E-state index in [0.717, 1.165) is 26.2 Å². The number of rotatable bonds is 7. The van der Waals surface area contributed by atoms with Gasteiger partial charge in [-0.25, -0.2) is 14.5 Å². The Bertz CT molecular complexity index is 1380. The predicted molar refractivity (Wildman–Crippen MR) is 125 cm³/mol. The van der Waals surface area contributed by atoms with E-state index in [4.69, 9.17) is 14.3 Å². The summed E-state index contributed by atoms with van der Waals surface area (Å²) in [5.74, 6) is 0.217. The zero-order valence-electron chi connectivity index (χ0n) is 18.2. The first-order valence-corrected chi connectivity index (χ1v) is 10.8. The van der Waals surface area contributed by atoms with Gasteiger partial charge in [0.2, 0.25) is 6.61 Å². The molecule has 0 radical (unpaired) electrons. The Morgan fingerprint density at radius 2 is 1.85 bits per heavy atom. The molecule has 33 heavy (non-hydrogen) atoms. The molecule has 0 aliphatic heterocycles. The Labute approximate surface area is 197 Å². The number of benzene rings is 2. The van der Waals surface area contributed by atoms with Gasteiger partial charge in [-0.3, -0.25) is 4.79 Å². The van der Waals surface area contributed by atoms with Gasteiger partial charge in [0.05, 0.1) is 23.7 Å². The van der Waals surface area contributed by atoms with Gasteiger partial charge >= 0.3 is 5.97 Å². The number of hydrogen-bond donors (Lipinski definition) is 0. The Morgan fingerprint density at radius 3 is 2.52 bits per heavy atom. The third-order valence-corrected chi connectivity index (χ3v) is 5.34. The van der Waals surface area contributed by atoms with Gasteiger partial charge in [0.15, 0.2) is 0 Å². The van der Waals surface area contributed by atoms with Crippen molar-refractivity contribution in [2.45, 2.75) is 20.5 Å². The normalized spacial score (nSPS) is 10.9. The van der Waals surface area contributed by atoms with Gasteiger partial charge in [0.25, 0.3) is 11.5 Å². The predicted octanol–water partition coefficient (Wildman–Crippen LogP) is 3.14. The largest absolute Gasteiger partial charge is 0.497 e. The molecule has 2 aromatic carbocycles. The molecule has 170 valence electrons. The van der Waals surface area contributed by atoms with Gasteiger partial charge in [-0.15, -0.1) is 4.73 Å². The summed E-state index contributed by atoms with van der Waals surface area (Å²) in [6.45, 7) is 3.25. The third kappa shape index (κ3) is 4.90. The van der Waals surface area contributed by atoms with E-state index in [1.165, 1.54) is 4.68 Å². The zero-order chi connectivity index (χ0) is 23.5. The molecular weight excluding hydrogens is 492 g/mol. The minimum atomic E-state index is -0.633. The monoisotopic (exact) mass is 512 g/mol. The molecule has 4 aromatic rings. The van der Waals surface area contributed by atoms with Crippen molar-refractivity contribution in [2.75, 3.05) is 13.7 Å². The number of carbonyl (C=O) groups excluding carboxylic acids is 1. The van der Waals surface area contributed by atoms with Crippen molar-refractivity contribution in [1.82, 2.24) is 19.5 Å². The van der Waals surface area contributed by atoms with Crippen molar-refractivity contribution < 1.29 is 19.1 Å². The third-order valence-electron chi connectivity index (χ3n) is 4.84. The summed E-state index contributed by atoms with van der Waals surface area (Å²) in [6.07, 6.45) is 0. The molecule has 0 atom stereocenters. The highest BCUT2D eigenvalue weighted by molar-refractivity contribution is 9.10. The standard InChI is InChI=1S/C23H21BrN4O5/c1-14-10-15(2)27(26-14)23-25-20-9-6-17(24)11-19(20)22(30)28(23)33-13-21(29)32-12-16-4-7-18(31-3)8-5-16/h4-11H,12-13H2,1-3H3. The highest BCUT2D eigenvalue weighted by Gasteiger charge is 2.18. The van der Waals surface area contributed by atoms with Gasteiger partial charge in [0, 0.05) is 10.2 Å². The number of carbonyl (C=O) groups is 1. The van der Waals surface area contributed by atoms with Crippen LogP contribution in [0.3, 0.4) is 0 Å². The summed E-state index contributed by atoms with van der Waals surface area (Å²) in [4.78, 5) is 35.7. The first-order chi connectivity index (χ1) is 15.9. The van der Waals surface area contributed by atoms with Crippen LogP contribution in [0.4, 0.5) is 0 Å². The average Bonchev–Trinajstić information content (AvgIpc) is 3.15. The Morgan fingerprint density at radius 1 is 1.09 bits per heavy atom. The molecular formula is C23H21BrN4O5. The number of esters is 1. The highest BCUT2D eigenvalue weighted by Crippen LogP contribution is 2.18. The van der Waals surface area contributed by atoms with Gasteiger partial charge in [-0.2, -0.15) is 5.10 Å². The fraction of sp³-hybridized carbons (Fsp3) is 0.217. The molecule has 4 rings (SSSR count). The summed E-state index contributed by atoms with van der Waals surface area (Å²) in [6, 6.07) is 14.2. The molecule has 0 bridgehead atoms. The van der Waals surface area contributed by atoms with E-state index in [0.29, 0.717) is 16.7 Å². The van der Waals surface area contributed by atoms with Crippen molar-refractivity contribution in [2.24, 2.45) is 0 Å². The summed E-state index contributed by atoms with van der Waals surface area (Å²) in [7, 11) is 1.58. The summed E-state index contributed by atoms with van der Waals surface area (Å²) in [5.41, 5.74) is 2.32. The summed E-state index contributed by atoms with van der Waals surface area (Å²) >= 11 is 3.37. The number of nitrogens with zero attached hydrogens (tertiary/aromatic N) is 4. The Kier molecular flexibility index (Phi) is 6.45. The number of ether oxygens (including phenoxy) is 2. The van der Waals surface area contributed by atoms with E-state index < -0.39 is 18.1 Å². The van der Waals surface area contributed by atoms with Crippen molar-refractivity contribution in [3.63, 3.8) is 0 Å². The molecule has 0 saturated heterocycles. The van der Waals surface area contributed by atoms with Crippen LogP contribution in [0, 0.1) is 13.8 Å². The second-order valence-electron chi connectivity index (χ2n) is 7.29. The van der Waals surface area contributed by atoms with E-state index in [2.05, 4.69) is 26.0 Å². The van der Waals surface area contributed by atoms with E-state index >= 15 is 0 Å². The maximum Gasteiger partial charge on any atom is 0.347 e. The molecule has 0 saturated carbocycles. The number of halogens is 1. The first-order valence-electron chi connectivity index (χ1n) is 10.0. The molecule has 2 aromatic heterocycles. The Hall–Kier alpha value is -3.66. The fourth-order valence-electron chi connectivity index (χ4n) is 3.26. The molecule has 0 spiro atoms. The fourth-order valence-corrected chi connectivity index (χ4v) is 3.62. The minimum Gasteiger partial charge on any atom is -0.497 e. The van der Waals surface area contributed by atoms with E-state index in [-0.39, 0.29) is 12.6 Å². The second-order valence-corrected chi connectivity index (χ2v) is 8.21. The van der Waals surface area contributed by atoms with Crippen molar-refractivity contribution in [1.29, 1.82) is 0 Å². The molecule has 0 amide bonds. The second kappa shape index (κ2) is 9.45. The molecule has 0 N–H and O–H groups in total. The number of hydrogen-bond acceptors (Lipinski definition) is 7. The van der Waals surface area contributed by atoms with Gasteiger partial charge in [-0.05, 0) is 55.8 Å². The topological polar surface area (TPSA) is 97.5 Å². The van der Waals surface area contributed by atoms with Crippen molar-refractivity contribution in [3.8, 4) is 11.7 Å². The van der Waals surface area contributed by atoms with E-state index in [9.17, 15) is 9.59 Å². The van der Waals surface area contributed by atoms with Crippen LogP contribution in [-0.2, 0) is 16.1 Å². The van der Waals surface area contributed by atoms with Gasteiger partial charge in [0.1, 0.15) is 12.4 Å². The number of fused-ring (bicyclic) bond motifs is 1. The number of methoxy groups -OCH3 is 1. The van der Waals surface area contributed by atoms with Crippen LogP contribution in [0.5, 0.6) is 5.75 Å². The Balaban J connectivity index is 1.59. The van der Waals surface area contributed by atoms with Crippen LogP contribution in [0.25, 0.3) is 16.9 Å². The molecule has 10 heteroatoms. The van der Waals surface area contributed by atoms with Crippen molar-refractivity contribution in [3.05, 3.63) is 80.3 Å². The minimum absolute atomic E-state index is 0.0638. The molecule has 0 fully saturated rings. The molecule has 0 aliphatic rings. The SMILES string of the molecule is COc1ccc(COC(=O)COn2c(-n3nc(C)cc3C)nc3ccc(Br)cc3c2=O)cc1. The van der Waals surface area contributed by atoms with Crippen LogP contribution in [0.1, 0.15) is 17.0 Å². The lowest BCUT2D eigenvalue weighted by molar-refractivity contribution is -0.150. The lowest BCUT2D eigenvalue weighted by atomic mass is 10.2. The van der Waals surface area contributed by atoms with Gasteiger partial charge in [-0.1, -0.05) is 28.1 Å². The first kappa shape index (κ1) is 22.5. The lowest BCUT2D eigenvalue weighted by Gasteiger charge is -2.14. The smallest absolute Gasteiger partial charge is 0.347 e. The van der Waals surface area contributed by atoms with Crippen LogP contribution in [0.15, 0.2) is 57.8 Å². The quantitative estimate of drug-likeness (QED) is 0.351. The molecule has 0 unspecified atom stereocenters. The van der Waals surface area contributed by atoms with Crippen LogP contribution < -0.4 is 15.1 Å². The van der Waals surface area contributed by atoms with Crippen LogP contribution >= 0.6 is 15.9 Å². The highest BCUT2D eigenvalue weighted by atomic mass is 79.9. The molecule has 9 nitrogen and oxygen atoms in total. The summed E-state index contributed by atoms with van der Waals surface area (Å²) in [5, 5.41) is 4.74.